The molecule has 1 saturated carbocycles. The van der Waals surface area contributed by atoms with Crippen molar-refractivity contribution < 1.29 is 9.18 Å². The van der Waals surface area contributed by atoms with Crippen molar-refractivity contribution in [3.8, 4) is 0 Å². The van der Waals surface area contributed by atoms with Gasteiger partial charge >= 0.3 is 0 Å². The number of nitrogens with one attached hydrogen (secondary N) is 1. The molecule has 0 aromatic heterocycles. The fourth-order valence-electron chi connectivity index (χ4n) is 6.00. The first kappa shape index (κ1) is 22.0. The minimum atomic E-state index is -0.558. The maximum absolute atomic E-state index is 13.4. The van der Waals surface area contributed by atoms with Gasteiger partial charge in [0, 0.05) is 34.9 Å². The first-order valence-corrected chi connectivity index (χ1v) is 12.2. The lowest BCUT2D eigenvalue weighted by Crippen LogP contribution is -2.58. The van der Waals surface area contributed by atoms with Gasteiger partial charge in [-0.25, -0.2) is 4.39 Å². The second-order valence-electron chi connectivity index (χ2n) is 9.30. The minimum Gasteiger partial charge on any atom is -0.339 e. The van der Waals surface area contributed by atoms with Gasteiger partial charge in [0.2, 0.25) is 5.91 Å². The predicted molar refractivity (Wildman–Crippen MR) is 127 cm³/mol. The normalized spacial score (nSPS) is 25.8. The summed E-state index contributed by atoms with van der Waals surface area (Å²) in [6, 6.07) is 12.8. The van der Waals surface area contributed by atoms with Crippen molar-refractivity contribution in [1.82, 2.24) is 10.2 Å². The van der Waals surface area contributed by atoms with E-state index in [1.807, 2.05) is 0 Å². The standard InChI is InChI=1S/C25H28Cl2FN3O/c26-18-13-17(14-19(27)15-18)22-3-1-2-4-23(22)30-11-9-25(10-12-30)24(32)29-16-31(25)21-7-5-20(28)6-8-21/h5-8,13-15,22-23H,1-4,9-12,16H2,(H,29,32)/t22-,23-/m1/s1. The summed E-state index contributed by atoms with van der Waals surface area (Å²) in [5, 5.41) is 4.40. The molecular weight excluding hydrogens is 448 g/mol. The molecule has 2 saturated heterocycles. The summed E-state index contributed by atoms with van der Waals surface area (Å²) < 4.78 is 13.4. The lowest BCUT2D eigenvalue weighted by molar-refractivity contribution is -0.125. The highest BCUT2D eigenvalue weighted by Gasteiger charge is 2.51. The van der Waals surface area contributed by atoms with Crippen LogP contribution in [0.4, 0.5) is 10.1 Å². The molecule has 7 heteroatoms. The SMILES string of the molecule is O=C1NCN(c2ccc(F)cc2)C12CCN([C@@H]1CCCC[C@@H]1c1cc(Cl)cc(Cl)c1)CC2. The Morgan fingerprint density at radius 3 is 2.31 bits per heavy atom. The molecule has 1 aliphatic carbocycles. The largest absolute Gasteiger partial charge is 0.339 e. The summed E-state index contributed by atoms with van der Waals surface area (Å²) in [5.41, 5.74) is 1.55. The molecule has 1 amide bonds. The highest BCUT2D eigenvalue weighted by Crippen LogP contribution is 2.42. The van der Waals surface area contributed by atoms with Crippen molar-refractivity contribution in [2.75, 3.05) is 24.7 Å². The van der Waals surface area contributed by atoms with Gasteiger partial charge in [-0.05, 0) is 79.6 Å². The Bertz CT molecular complexity index is 971. The highest BCUT2D eigenvalue weighted by atomic mass is 35.5. The Balaban J connectivity index is 1.35. The van der Waals surface area contributed by atoms with Crippen molar-refractivity contribution >= 4 is 34.8 Å². The van der Waals surface area contributed by atoms with Gasteiger partial charge in [-0.2, -0.15) is 0 Å². The number of carbonyl (C=O) groups excluding carboxylic acids is 1. The van der Waals surface area contributed by atoms with Gasteiger partial charge in [-0.1, -0.05) is 36.0 Å². The fraction of sp³-hybridized carbons (Fsp3) is 0.480. The second kappa shape index (κ2) is 8.85. The summed E-state index contributed by atoms with van der Waals surface area (Å²) in [4.78, 5) is 17.7. The zero-order valence-electron chi connectivity index (χ0n) is 18.0. The van der Waals surface area contributed by atoms with E-state index in [4.69, 9.17) is 23.2 Å². The average molecular weight is 476 g/mol. The Morgan fingerprint density at radius 1 is 0.969 bits per heavy atom. The van der Waals surface area contributed by atoms with Crippen LogP contribution in [-0.4, -0.2) is 42.1 Å². The summed E-state index contributed by atoms with van der Waals surface area (Å²) in [5.74, 6) is 0.225. The van der Waals surface area contributed by atoms with Crippen molar-refractivity contribution in [2.45, 2.75) is 56.0 Å². The van der Waals surface area contributed by atoms with E-state index >= 15 is 0 Å². The van der Waals surface area contributed by atoms with Crippen LogP contribution in [-0.2, 0) is 4.79 Å². The molecule has 0 radical (unpaired) electrons. The van der Waals surface area contributed by atoms with Crippen molar-refractivity contribution in [3.05, 3.63) is 63.9 Å². The summed E-state index contributed by atoms with van der Waals surface area (Å²) >= 11 is 12.6. The van der Waals surface area contributed by atoms with Crippen LogP contribution in [0.2, 0.25) is 10.0 Å². The van der Waals surface area contributed by atoms with E-state index in [1.165, 1.54) is 30.5 Å². The van der Waals surface area contributed by atoms with E-state index in [2.05, 4.69) is 27.2 Å². The summed E-state index contributed by atoms with van der Waals surface area (Å²) in [6.45, 7) is 2.19. The van der Waals surface area contributed by atoms with Gasteiger partial charge in [-0.15, -0.1) is 0 Å². The molecule has 4 nitrogen and oxygen atoms in total. The first-order valence-electron chi connectivity index (χ1n) is 11.5. The number of carbonyl (C=O) groups is 1. The van der Waals surface area contributed by atoms with E-state index in [0.717, 1.165) is 44.5 Å². The molecule has 2 heterocycles. The molecule has 0 unspecified atom stereocenters. The molecule has 2 aromatic carbocycles. The van der Waals surface area contributed by atoms with Crippen molar-refractivity contribution in [3.63, 3.8) is 0 Å². The number of nitrogens with zero attached hydrogens (tertiary/aromatic N) is 2. The molecule has 1 N–H and O–H groups in total. The number of rotatable bonds is 3. The second-order valence-corrected chi connectivity index (χ2v) is 10.2. The Hall–Kier alpha value is -1.82. The molecule has 0 bridgehead atoms. The number of halogens is 3. The Kier molecular flexibility index (Phi) is 6.08. The van der Waals surface area contributed by atoms with E-state index < -0.39 is 5.54 Å². The van der Waals surface area contributed by atoms with E-state index in [1.54, 1.807) is 18.2 Å². The van der Waals surface area contributed by atoms with Crippen LogP contribution in [0.15, 0.2) is 42.5 Å². The maximum atomic E-state index is 13.4. The van der Waals surface area contributed by atoms with Gasteiger partial charge in [0.05, 0.1) is 6.67 Å². The van der Waals surface area contributed by atoms with Crippen LogP contribution in [0.1, 0.15) is 50.0 Å². The summed E-state index contributed by atoms with van der Waals surface area (Å²) in [7, 11) is 0. The Labute approximate surface area is 198 Å². The van der Waals surface area contributed by atoms with Crippen LogP contribution >= 0.6 is 23.2 Å². The number of hydrogen-bond donors (Lipinski definition) is 1. The van der Waals surface area contributed by atoms with Crippen molar-refractivity contribution in [1.29, 1.82) is 0 Å². The smallest absolute Gasteiger partial charge is 0.247 e. The van der Waals surface area contributed by atoms with Crippen LogP contribution < -0.4 is 10.2 Å². The number of hydrogen-bond acceptors (Lipinski definition) is 3. The average Bonchev–Trinajstić information content (AvgIpc) is 3.10. The van der Waals surface area contributed by atoms with Gasteiger partial charge in [0.1, 0.15) is 11.4 Å². The quantitative estimate of drug-likeness (QED) is 0.628. The topological polar surface area (TPSA) is 35.6 Å². The molecule has 1 spiro atoms. The van der Waals surface area contributed by atoms with Crippen LogP contribution in [0.5, 0.6) is 0 Å². The number of likely N-dealkylation sites (tertiary alicyclic amines) is 1. The van der Waals surface area contributed by atoms with E-state index in [0.29, 0.717) is 28.7 Å². The van der Waals surface area contributed by atoms with Gasteiger partial charge in [0.25, 0.3) is 0 Å². The third kappa shape index (κ3) is 4.00. The maximum Gasteiger partial charge on any atom is 0.247 e. The monoisotopic (exact) mass is 475 g/mol. The zero-order valence-corrected chi connectivity index (χ0v) is 19.5. The van der Waals surface area contributed by atoms with Crippen molar-refractivity contribution in [2.24, 2.45) is 0 Å². The number of piperidine rings is 1. The van der Waals surface area contributed by atoms with E-state index in [9.17, 15) is 9.18 Å². The van der Waals surface area contributed by atoms with Gasteiger partial charge in [0.15, 0.2) is 0 Å². The molecule has 2 atom stereocenters. The van der Waals surface area contributed by atoms with Crippen LogP contribution in [0.25, 0.3) is 0 Å². The molecule has 2 aliphatic heterocycles. The van der Waals surface area contributed by atoms with Gasteiger partial charge < -0.3 is 10.2 Å². The first-order chi connectivity index (χ1) is 15.5. The van der Waals surface area contributed by atoms with E-state index in [-0.39, 0.29) is 11.7 Å². The number of anilines is 1. The zero-order chi connectivity index (χ0) is 22.3. The molecule has 170 valence electrons. The molecule has 5 rings (SSSR count). The lowest BCUT2D eigenvalue weighted by Gasteiger charge is -2.48. The molecular formula is C25H28Cl2FN3O. The molecule has 2 aromatic rings. The molecule has 32 heavy (non-hydrogen) atoms. The van der Waals surface area contributed by atoms with Gasteiger partial charge in [-0.3, -0.25) is 9.69 Å². The third-order valence-corrected chi connectivity index (χ3v) is 8.05. The van der Waals surface area contributed by atoms with Crippen LogP contribution in [0.3, 0.4) is 0 Å². The minimum absolute atomic E-state index is 0.0864. The predicted octanol–water partition coefficient (Wildman–Crippen LogP) is 5.59. The highest BCUT2D eigenvalue weighted by molar-refractivity contribution is 6.34. The Morgan fingerprint density at radius 2 is 1.62 bits per heavy atom. The molecule has 3 aliphatic rings. The molecule has 3 fully saturated rings. The number of amides is 1. The third-order valence-electron chi connectivity index (χ3n) is 7.61. The number of benzene rings is 2. The van der Waals surface area contributed by atoms with Crippen LogP contribution in [0, 0.1) is 5.82 Å². The summed E-state index contributed by atoms with van der Waals surface area (Å²) in [6.07, 6.45) is 6.23. The lowest BCUT2D eigenvalue weighted by atomic mass is 9.77. The fourth-order valence-corrected chi connectivity index (χ4v) is 6.54.